The van der Waals surface area contributed by atoms with E-state index in [2.05, 4.69) is 44.0 Å². The second-order valence-electron chi connectivity index (χ2n) is 2.95. The van der Waals surface area contributed by atoms with E-state index in [1.54, 1.807) is 11.8 Å². The molecule has 0 aliphatic heterocycles. The molecule has 1 aromatic carbocycles. The highest BCUT2D eigenvalue weighted by Gasteiger charge is 2.03. The van der Waals surface area contributed by atoms with Crippen LogP contribution >= 0.6 is 35.7 Å². The zero-order valence-corrected chi connectivity index (χ0v) is 10.0. The van der Waals surface area contributed by atoms with Gasteiger partial charge in [-0.3, -0.25) is 0 Å². The first kappa shape index (κ1) is 9.44. The smallest absolute Gasteiger partial charge is 0.0608 e. The fourth-order valence-corrected chi connectivity index (χ4v) is 3.39. The van der Waals surface area contributed by atoms with Crippen molar-refractivity contribution < 1.29 is 0 Å². The standard InChI is InChI=1S/C10H10S3/c1-6-3-8(11)4-7-5-9(12-2)13-10(6)7/h3-5,11H,1-2H3. The van der Waals surface area contributed by atoms with E-state index < -0.39 is 0 Å². The Kier molecular flexibility index (Phi) is 2.58. The monoisotopic (exact) mass is 226 g/mol. The first-order valence-corrected chi connectivity index (χ1v) is 6.46. The van der Waals surface area contributed by atoms with Gasteiger partial charge in [0.2, 0.25) is 0 Å². The lowest BCUT2D eigenvalue weighted by Crippen LogP contribution is -1.72. The maximum absolute atomic E-state index is 4.37. The predicted molar refractivity (Wildman–Crippen MR) is 65.6 cm³/mol. The number of hydrogen-bond acceptors (Lipinski definition) is 3. The van der Waals surface area contributed by atoms with E-state index >= 15 is 0 Å². The summed E-state index contributed by atoms with van der Waals surface area (Å²) in [6.07, 6.45) is 2.11. The van der Waals surface area contributed by atoms with Crippen LogP contribution in [0.15, 0.2) is 27.3 Å². The number of thiol groups is 1. The summed E-state index contributed by atoms with van der Waals surface area (Å²) in [5, 5.41) is 1.32. The zero-order valence-electron chi connectivity index (χ0n) is 7.50. The molecule has 0 fully saturated rings. The molecule has 0 atom stereocenters. The van der Waals surface area contributed by atoms with Crippen molar-refractivity contribution in [3.05, 3.63) is 23.8 Å². The zero-order chi connectivity index (χ0) is 9.42. The molecule has 0 unspecified atom stereocenters. The third kappa shape index (κ3) is 1.73. The Labute approximate surface area is 91.8 Å². The third-order valence-corrected chi connectivity index (χ3v) is 4.57. The lowest BCUT2D eigenvalue weighted by molar-refractivity contribution is 1.44. The van der Waals surface area contributed by atoms with Gasteiger partial charge >= 0.3 is 0 Å². The Balaban J connectivity index is 2.75. The summed E-state index contributed by atoms with van der Waals surface area (Å²) < 4.78 is 2.76. The number of rotatable bonds is 1. The number of thiophene rings is 1. The van der Waals surface area contributed by atoms with Gasteiger partial charge in [0, 0.05) is 9.60 Å². The van der Waals surface area contributed by atoms with Gasteiger partial charge in [-0.1, -0.05) is 0 Å². The fourth-order valence-electron chi connectivity index (χ4n) is 1.39. The van der Waals surface area contributed by atoms with Gasteiger partial charge in [0.25, 0.3) is 0 Å². The Morgan fingerprint density at radius 3 is 2.77 bits per heavy atom. The first-order valence-electron chi connectivity index (χ1n) is 3.98. The maximum atomic E-state index is 4.37. The molecular formula is C10H10S3. The lowest BCUT2D eigenvalue weighted by Gasteiger charge is -1.96. The van der Waals surface area contributed by atoms with Crippen molar-refractivity contribution in [2.75, 3.05) is 6.26 Å². The van der Waals surface area contributed by atoms with Gasteiger partial charge in [-0.05, 0) is 42.3 Å². The van der Waals surface area contributed by atoms with E-state index in [4.69, 9.17) is 0 Å². The van der Waals surface area contributed by atoms with Crippen LogP contribution in [0.4, 0.5) is 0 Å². The van der Waals surface area contributed by atoms with Gasteiger partial charge in [0.15, 0.2) is 0 Å². The number of benzene rings is 1. The summed E-state index contributed by atoms with van der Waals surface area (Å²) in [6, 6.07) is 6.48. The van der Waals surface area contributed by atoms with Crippen LogP contribution in [0.5, 0.6) is 0 Å². The summed E-state index contributed by atoms with van der Waals surface area (Å²) in [5.74, 6) is 0. The molecular weight excluding hydrogens is 216 g/mol. The number of aryl methyl sites for hydroxylation is 1. The fraction of sp³-hybridized carbons (Fsp3) is 0.200. The van der Waals surface area contributed by atoms with Crippen LogP contribution in [0.1, 0.15) is 5.56 Å². The van der Waals surface area contributed by atoms with Crippen LogP contribution in [0, 0.1) is 6.92 Å². The van der Waals surface area contributed by atoms with Crippen molar-refractivity contribution in [3.63, 3.8) is 0 Å². The molecule has 1 aromatic heterocycles. The van der Waals surface area contributed by atoms with Gasteiger partial charge in [-0.2, -0.15) is 0 Å². The summed E-state index contributed by atoms with van der Waals surface area (Å²) in [7, 11) is 0. The van der Waals surface area contributed by atoms with Crippen LogP contribution in [0.2, 0.25) is 0 Å². The van der Waals surface area contributed by atoms with E-state index in [1.165, 1.54) is 19.9 Å². The van der Waals surface area contributed by atoms with Crippen LogP contribution in [0.3, 0.4) is 0 Å². The van der Waals surface area contributed by atoms with Gasteiger partial charge in [-0.15, -0.1) is 35.7 Å². The SMILES string of the molecule is CSc1cc2cc(S)cc(C)c2s1. The Bertz CT molecular complexity index is 443. The van der Waals surface area contributed by atoms with Crippen molar-refractivity contribution >= 4 is 45.8 Å². The average molecular weight is 226 g/mol. The first-order chi connectivity index (χ1) is 6.20. The second kappa shape index (κ2) is 3.56. The molecule has 13 heavy (non-hydrogen) atoms. The topological polar surface area (TPSA) is 0 Å². The molecule has 3 heteroatoms. The lowest BCUT2D eigenvalue weighted by atomic mass is 10.2. The number of thioether (sulfide) groups is 1. The molecule has 0 aliphatic carbocycles. The van der Waals surface area contributed by atoms with E-state index in [0.717, 1.165) is 4.90 Å². The molecule has 0 amide bonds. The minimum atomic E-state index is 1.05. The highest BCUT2D eigenvalue weighted by molar-refractivity contribution is 8.00. The molecule has 2 rings (SSSR count). The molecule has 0 radical (unpaired) electrons. The summed E-state index contributed by atoms with van der Waals surface area (Å²) >= 11 is 8.03. The van der Waals surface area contributed by atoms with Crippen molar-refractivity contribution in [1.82, 2.24) is 0 Å². The predicted octanol–water partition coefficient (Wildman–Crippen LogP) is 4.22. The highest BCUT2D eigenvalue weighted by atomic mass is 32.2. The van der Waals surface area contributed by atoms with E-state index in [-0.39, 0.29) is 0 Å². The molecule has 0 N–H and O–H groups in total. The minimum absolute atomic E-state index is 1.05. The van der Waals surface area contributed by atoms with Gasteiger partial charge in [0.05, 0.1) is 4.21 Å². The van der Waals surface area contributed by atoms with Crippen LogP contribution < -0.4 is 0 Å². The Hall–Kier alpha value is -0.120. The van der Waals surface area contributed by atoms with Crippen molar-refractivity contribution in [3.8, 4) is 0 Å². The molecule has 0 spiro atoms. The quantitative estimate of drug-likeness (QED) is 0.561. The van der Waals surface area contributed by atoms with Gasteiger partial charge < -0.3 is 0 Å². The molecule has 0 aliphatic rings. The second-order valence-corrected chi connectivity index (χ2v) is 5.63. The van der Waals surface area contributed by atoms with Crippen molar-refractivity contribution in [2.45, 2.75) is 16.0 Å². The maximum Gasteiger partial charge on any atom is 0.0608 e. The molecule has 0 nitrogen and oxygen atoms in total. The third-order valence-electron chi connectivity index (χ3n) is 1.97. The minimum Gasteiger partial charge on any atom is -0.143 e. The molecule has 68 valence electrons. The molecule has 0 saturated heterocycles. The largest absolute Gasteiger partial charge is 0.143 e. The normalized spacial score (nSPS) is 11.0. The van der Waals surface area contributed by atoms with E-state index in [0.29, 0.717) is 0 Å². The molecule has 0 bridgehead atoms. The Morgan fingerprint density at radius 2 is 2.08 bits per heavy atom. The summed E-state index contributed by atoms with van der Waals surface area (Å²) in [5.41, 5.74) is 1.33. The molecule has 0 saturated carbocycles. The van der Waals surface area contributed by atoms with Crippen molar-refractivity contribution in [2.24, 2.45) is 0 Å². The van der Waals surface area contributed by atoms with Crippen molar-refractivity contribution in [1.29, 1.82) is 0 Å². The highest BCUT2D eigenvalue weighted by Crippen LogP contribution is 2.34. The number of hydrogen-bond donors (Lipinski definition) is 1. The van der Waals surface area contributed by atoms with Gasteiger partial charge in [-0.25, -0.2) is 0 Å². The average Bonchev–Trinajstić information content (AvgIpc) is 2.47. The van der Waals surface area contributed by atoms with Crippen LogP contribution in [-0.4, -0.2) is 6.26 Å². The summed E-state index contributed by atoms with van der Waals surface area (Å²) in [4.78, 5) is 1.05. The van der Waals surface area contributed by atoms with E-state index in [9.17, 15) is 0 Å². The Morgan fingerprint density at radius 1 is 1.31 bits per heavy atom. The summed E-state index contributed by atoms with van der Waals surface area (Å²) in [6.45, 7) is 2.14. The molecule has 1 heterocycles. The van der Waals surface area contributed by atoms with Gasteiger partial charge in [0.1, 0.15) is 0 Å². The van der Waals surface area contributed by atoms with E-state index in [1.807, 2.05) is 11.3 Å². The van der Waals surface area contributed by atoms with Crippen LogP contribution in [0.25, 0.3) is 10.1 Å². The molecule has 2 aromatic rings. The van der Waals surface area contributed by atoms with Crippen LogP contribution in [-0.2, 0) is 0 Å². The number of fused-ring (bicyclic) bond motifs is 1.